The van der Waals surface area contributed by atoms with Gasteiger partial charge < -0.3 is 10.1 Å². The summed E-state index contributed by atoms with van der Waals surface area (Å²) in [7, 11) is 1.33. The summed E-state index contributed by atoms with van der Waals surface area (Å²) < 4.78 is 4.66. The van der Waals surface area contributed by atoms with Gasteiger partial charge in [0.1, 0.15) is 6.04 Å². The molecule has 0 spiro atoms. The molecule has 0 aromatic heterocycles. The largest absolute Gasteiger partial charge is 0.467 e. The molecule has 17 heavy (non-hydrogen) atoms. The van der Waals surface area contributed by atoms with Gasteiger partial charge in [-0.2, -0.15) is 0 Å². The summed E-state index contributed by atoms with van der Waals surface area (Å²) >= 11 is 0. The van der Waals surface area contributed by atoms with Gasteiger partial charge in [0.25, 0.3) is 0 Å². The van der Waals surface area contributed by atoms with Gasteiger partial charge in [-0.15, -0.1) is 0 Å². The number of hydrogen-bond donors (Lipinski definition) is 1. The zero-order valence-electron chi connectivity index (χ0n) is 9.95. The first-order valence-corrected chi connectivity index (χ1v) is 5.66. The molecular formula is C13H15NO3. The van der Waals surface area contributed by atoms with Crippen molar-refractivity contribution in [3.05, 3.63) is 29.3 Å². The number of methoxy groups -OCH3 is 1. The highest BCUT2D eigenvalue weighted by Gasteiger charge is 2.29. The number of anilines is 1. The summed E-state index contributed by atoms with van der Waals surface area (Å²) in [4.78, 5) is 23.3. The van der Waals surface area contributed by atoms with Crippen molar-refractivity contribution in [2.24, 2.45) is 0 Å². The van der Waals surface area contributed by atoms with Crippen LogP contribution < -0.4 is 5.32 Å². The Bertz CT molecular complexity index is 468. The third-order valence-electron chi connectivity index (χ3n) is 3.00. The molecule has 1 N–H and O–H groups in total. The van der Waals surface area contributed by atoms with E-state index >= 15 is 0 Å². The predicted molar refractivity (Wildman–Crippen MR) is 64.2 cm³/mol. The number of ether oxygens (including phenoxy) is 1. The van der Waals surface area contributed by atoms with Crippen LogP contribution in [0.1, 0.15) is 29.3 Å². The Labute approximate surface area is 100.0 Å². The quantitative estimate of drug-likeness (QED) is 0.791. The summed E-state index contributed by atoms with van der Waals surface area (Å²) in [6.07, 6.45) is 1.05. The van der Waals surface area contributed by atoms with Crippen LogP contribution in [0.25, 0.3) is 0 Å². The minimum Gasteiger partial charge on any atom is -0.467 e. The van der Waals surface area contributed by atoms with Gasteiger partial charge in [0, 0.05) is 17.7 Å². The molecule has 1 aromatic carbocycles. The van der Waals surface area contributed by atoms with Crippen LogP contribution in [0.2, 0.25) is 0 Å². The predicted octanol–water partition coefficient (Wildman–Crippen LogP) is 1.79. The number of fused-ring (bicyclic) bond motifs is 1. The molecule has 0 fully saturated rings. The zero-order valence-corrected chi connectivity index (χ0v) is 9.95. The Hall–Kier alpha value is -1.84. The van der Waals surface area contributed by atoms with E-state index in [4.69, 9.17) is 0 Å². The van der Waals surface area contributed by atoms with Crippen molar-refractivity contribution in [1.29, 1.82) is 0 Å². The van der Waals surface area contributed by atoms with Gasteiger partial charge in [0.15, 0.2) is 5.78 Å². The SMILES string of the molecule is CCc1ccc2c(c1)NC(C(=O)OC)CC2=O. The monoisotopic (exact) mass is 233 g/mol. The topological polar surface area (TPSA) is 55.4 Å². The van der Waals surface area contributed by atoms with E-state index in [1.54, 1.807) is 0 Å². The lowest BCUT2D eigenvalue weighted by molar-refractivity contribution is -0.141. The lowest BCUT2D eigenvalue weighted by Gasteiger charge is -2.24. The lowest BCUT2D eigenvalue weighted by atomic mass is 9.95. The molecule has 0 amide bonds. The van der Waals surface area contributed by atoms with Crippen molar-refractivity contribution < 1.29 is 14.3 Å². The second kappa shape index (κ2) is 4.57. The maximum absolute atomic E-state index is 11.9. The molecule has 0 saturated heterocycles. The first kappa shape index (κ1) is 11.6. The summed E-state index contributed by atoms with van der Waals surface area (Å²) in [6.45, 7) is 2.05. The minimum absolute atomic E-state index is 0.0168. The molecule has 0 bridgehead atoms. The Morgan fingerprint density at radius 2 is 2.29 bits per heavy atom. The molecular weight excluding hydrogens is 218 g/mol. The van der Waals surface area contributed by atoms with Crippen LogP contribution in [-0.4, -0.2) is 24.9 Å². The number of benzene rings is 1. The Morgan fingerprint density at radius 3 is 2.94 bits per heavy atom. The maximum atomic E-state index is 11.9. The van der Waals surface area contributed by atoms with Gasteiger partial charge in [0.2, 0.25) is 0 Å². The molecule has 0 saturated carbocycles. The number of carbonyl (C=O) groups excluding carboxylic acids is 2. The van der Waals surface area contributed by atoms with Crippen molar-refractivity contribution in [1.82, 2.24) is 0 Å². The summed E-state index contributed by atoms with van der Waals surface area (Å²) in [5.74, 6) is -0.414. The Kier molecular flexibility index (Phi) is 3.13. The van der Waals surface area contributed by atoms with E-state index < -0.39 is 12.0 Å². The highest BCUT2D eigenvalue weighted by atomic mass is 16.5. The van der Waals surface area contributed by atoms with Crippen LogP contribution in [0.5, 0.6) is 0 Å². The number of ketones is 1. The van der Waals surface area contributed by atoms with Crippen molar-refractivity contribution >= 4 is 17.4 Å². The molecule has 1 heterocycles. The normalized spacial score (nSPS) is 18.2. The third kappa shape index (κ3) is 2.16. The number of nitrogens with one attached hydrogen (secondary N) is 1. The van der Waals surface area contributed by atoms with Crippen LogP contribution in [0.4, 0.5) is 5.69 Å². The van der Waals surface area contributed by atoms with Crippen LogP contribution in [-0.2, 0) is 16.0 Å². The second-order valence-corrected chi connectivity index (χ2v) is 4.08. The van der Waals surface area contributed by atoms with Gasteiger partial charge in [-0.25, -0.2) is 4.79 Å². The minimum atomic E-state index is -0.563. The fourth-order valence-electron chi connectivity index (χ4n) is 1.99. The molecule has 1 atom stereocenters. The number of carbonyl (C=O) groups is 2. The maximum Gasteiger partial charge on any atom is 0.328 e. The Morgan fingerprint density at radius 1 is 1.53 bits per heavy atom. The molecule has 4 nitrogen and oxygen atoms in total. The first-order valence-electron chi connectivity index (χ1n) is 5.66. The van der Waals surface area contributed by atoms with E-state index in [2.05, 4.69) is 10.1 Å². The average molecular weight is 233 g/mol. The highest BCUT2D eigenvalue weighted by molar-refractivity contribution is 6.06. The highest BCUT2D eigenvalue weighted by Crippen LogP contribution is 2.26. The number of esters is 1. The molecule has 1 aliphatic heterocycles. The van der Waals surface area contributed by atoms with Gasteiger partial charge in [-0.3, -0.25) is 4.79 Å². The second-order valence-electron chi connectivity index (χ2n) is 4.08. The van der Waals surface area contributed by atoms with Crippen molar-refractivity contribution in [3.8, 4) is 0 Å². The molecule has 90 valence electrons. The number of aryl methyl sites for hydroxylation is 1. The van der Waals surface area contributed by atoms with Crippen LogP contribution >= 0.6 is 0 Å². The third-order valence-corrected chi connectivity index (χ3v) is 3.00. The Balaban J connectivity index is 2.33. The summed E-state index contributed by atoms with van der Waals surface area (Å²) in [6, 6.07) is 5.11. The van der Waals surface area contributed by atoms with E-state index in [0.717, 1.165) is 17.7 Å². The smallest absolute Gasteiger partial charge is 0.328 e. The van der Waals surface area contributed by atoms with Crippen molar-refractivity contribution in [2.45, 2.75) is 25.8 Å². The van der Waals surface area contributed by atoms with Gasteiger partial charge in [-0.05, 0) is 24.1 Å². The first-order chi connectivity index (χ1) is 8.15. The van der Waals surface area contributed by atoms with Gasteiger partial charge in [0.05, 0.1) is 7.11 Å². The molecule has 1 aromatic rings. The zero-order chi connectivity index (χ0) is 12.4. The molecule has 0 aliphatic carbocycles. The van der Waals surface area contributed by atoms with Crippen LogP contribution in [0.15, 0.2) is 18.2 Å². The van der Waals surface area contributed by atoms with E-state index in [1.165, 1.54) is 7.11 Å². The molecule has 1 unspecified atom stereocenters. The molecule has 2 rings (SSSR count). The van der Waals surface area contributed by atoms with Gasteiger partial charge >= 0.3 is 5.97 Å². The van der Waals surface area contributed by atoms with E-state index in [0.29, 0.717) is 5.56 Å². The van der Waals surface area contributed by atoms with E-state index in [9.17, 15) is 9.59 Å². The summed E-state index contributed by atoms with van der Waals surface area (Å²) in [5, 5.41) is 3.06. The fraction of sp³-hybridized carbons (Fsp3) is 0.385. The van der Waals surface area contributed by atoms with E-state index in [1.807, 2.05) is 25.1 Å². The molecule has 4 heteroatoms. The van der Waals surface area contributed by atoms with Gasteiger partial charge in [-0.1, -0.05) is 13.0 Å². The fourth-order valence-corrected chi connectivity index (χ4v) is 1.99. The van der Waals surface area contributed by atoms with Crippen molar-refractivity contribution in [3.63, 3.8) is 0 Å². The molecule has 0 radical (unpaired) electrons. The lowest BCUT2D eigenvalue weighted by Crippen LogP contribution is -2.37. The molecule has 1 aliphatic rings. The van der Waals surface area contributed by atoms with Crippen LogP contribution in [0.3, 0.4) is 0 Å². The number of hydrogen-bond acceptors (Lipinski definition) is 4. The standard InChI is InChI=1S/C13H15NO3/c1-3-8-4-5-9-10(6-8)14-11(7-12(9)15)13(16)17-2/h4-6,11,14H,3,7H2,1-2H3. The van der Waals surface area contributed by atoms with E-state index in [-0.39, 0.29) is 12.2 Å². The average Bonchev–Trinajstić information content (AvgIpc) is 2.36. The number of rotatable bonds is 2. The number of Topliss-reactive ketones (excluding diaryl/α,β-unsaturated/α-hetero) is 1. The van der Waals surface area contributed by atoms with Crippen LogP contribution in [0, 0.1) is 0 Å². The van der Waals surface area contributed by atoms with Crippen molar-refractivity contribution in [2.75, 3.05) is 12.4 Å². The summed E-state index contributed by atoms with van der Waals surface area (Å²) in [5.41, 5.74) is 2.52.